The van der Waals surface area contributed by atoms with Crippen LogP contribution in [0.5, 0.6) is 5.75 Å². The monoisotopic (exact) mass is 812 g/mol. The van der Waals surface area contributed by atoms with Crippen LogP contribution in [0.4, 0.5) is 29.5 Å². The maximum Gasteiger partial charge on any atom is 0.310 e. The van der Waals surface area contributed by atoms with Crippen LogP contribution in [0.2, 0.25) is 0 Å². The van der Waals surface area contributed by atoms with Crippen molar-refractivity contribution in [2.24, 2.45) is 5.92 Å². The number of aryl methyl sites for hydroxylation is 1. The van der Waals surface area contributed by atoms with Crippen molar-refractivity contribution >= 4 is 39.1 Å². The second-order valence-electron chi connectivity index (χ2n) is 14.0. The first-order valence-electron chi connectivity index (χ1n) is 18.2. The molecule has 0 radical (unpaired) electrons. The third-order valence-corrected chi connectivity index (χ3v) is 11.3. The molecule has 0 bridgehead atoms. The number of hydrogen-bond donors (Lipinski definition) is 2. The lowest BCUT2D eigenvalue weighted by Gasteiger charge is -2.46. The van der Waals surface area contributed by atoms with Crippen molar-refractivity contribution < 1.29 is 43.3 Å². The first-order chi connectivity index (χ1) is 26.3. The summed E-state index contributed by atoms with van der Waals surface area (Å²) in [6.07, 6.45) is 6.71. The Hall–Kier alpha value is -4.98. The number of ether oxygens (including phenoxy) is 1. The molecule has 2 amide bonds. The number of nitrogens with one attached hydrogen (secondary N) is 1. The van der Waals surface area contributed by atoms with Gasteiger partial charge in [0.05, 0.1) is 24.6 Å². The van der Waals surface area contributed by atoms with E-state index in [2.05, 4.69) is 39.2 Å². The molecule has 3 unspecified atom stereocenters. The third-order valence-electron chi connectivity index (χ3n) is 10.2. The summed E-state index contributed by atoms with van der Waals surface area (Å²) in [5, 5.41) is 17.2. The number of halogens is 6. The summed E-state index contributed by atoms with van der Waals surface area (Å²) in [6, 6.07) is -0.273. The zero-order valence-corrected chi connectivity index (χ0v) is 31.9. The van der Waals surface area contributed by atoms with Gasteiger partial charge in [-0.05, 0) is 81.6 Å². The van der Waals surface area contributed by atoms with Crippen LogP contribution in [0.15, 0.2) is 40.3 Å². The molecule has 1 aromatic carbocycles. The number of aromatic nitrogens is 6. The standard InChI is InChI=1S/C33H34F6N8O5S.C3H8/c1-3-45(32(51)28-29(49)17(2)40-16-41-28)24-8-5-20(24)21-6-9-25-27(21)31(50)47-33(43-30(44-47)18-10-12-52-13-11-18)46(25)15-26(48)42-23-7-4-19(14-22(23)34)53(35,36,37,38)39;1-3-2/h4,7,10,14,16,20-21,24,49H,3,5-6,8-9,11-13,15H2,1-2H3,(H,42,48);3H2,1-2H3. The van der Waals surface area contributed by atoms with Crippen LogP contribution in [-0.4, -0.2) is 76.8 Å². The lowest BCUT2D eigenvalue weighted by molar-refractivity contribution is -0.116. The number of carbonyl (C=O) groups excluding carboxylic acids is 2. The maximum absolute atomic E-state index is 14.7. The molecule has 304 valence electrons. The van der Waals surface area contributed by atoms with Crippen LogP contribution in [0, 0.1) is 18.7 Å². The number of benzene rings is 1. The van der Waals surface area contributed by atoms with Crippen molar-refractivity contribution in [1.29, 1.82) is 0 Å². The molecule has 1 fully saturated rings. The van der Waals surface area contributed by atoms with Crippen LogP contribution >= 0.6 is 10.2 Å². The maximum atomic E-state index is 14.7. The van der Waals surface area contributed by atoms with Gasteiger partial charge in [0.1, 0.15) is 23.6 Å². The third kappa shape index (κ3) is 7.85. The highest BCUT2D eigenvalue weighted by Crippen LogP contribution is 3.02. The van der Waals surface area contributed by atoms with E-state index in [0.717, 1.165) is 4.52 Å². The fraction of sp³-hybridized carbons (Fsp3) is 0.472. The minimum Gasteiger partial charge on any atom is -0.504 e. The molecular formula is C36H42F6N8O5S. The topological polar surface area (TPSA) is 157 Å². The van der Waals surface area contributed by atoms with E-state index in [1.54, 1.807) is 24.8 Å². The van der Waals surface area contributed by atoms with Gasteiger partial charge in [0.25, 0.3) is 11.5 Å². The van der Waals surface area contributed by atoms with Crippen LogP contribution in [0.25, 0.3) is 11.4 Å². The van der Waals surface area contributed by atoms with E-state index in [0.29, 0.717) is 68.2 Å². The summed E-state index contributed by atoms with van der Waals surface area (Å²) >= 11 is 0. The summed E-state index contributed by atoms with van der Waals surface area (Å²) in [7, 11) is -10.2. The molecular weight excluding hydrogens is 771 g/mol. The Morgan fingerprint density at radius 1 is 1.07 bits per heavy atom. The number of anilines is 1. The van der Waals surface area contributed by atoms with Crippen LogP contribution in [-0.2, 0) is 22.5 Å². The zero-order chi connectivity index (χ0) is 40.8. The van der Waals surface area contributed by atoms with Gasteiger partial charge < -0.3 is 24.6 Å². The van der Waals surface area contributed by atoms with E-state index in [-0.39, 0.29) is 65.3 Å². The molecule has 4 heterocycles. The number of carbonyl (C=O) groups is 2. The van der Waals surface area contributed by atoms with Gasteiger partial charge in [-0.2, -0.15) is 9.50 Å². The molecule has 0 saturated heterocycles. The second kappa shape index (κ2) is 14.5. The minimum atomic E-state index is -10.2. The number of rotatable bonds is 9. The predicted molar refractivity (Wildman–Crippen MR) is 196 cm³/mol. The van der Waals surface area contributed by atoms with E-state index < -0.39 is 50.5 Å². The van der Waals surface area contributed by atoms with Crippen molar-refractivity contribution in [3.8, 4) is 5.75 Å². The molecule has 4 aromatic rings. The van der Waals surface area contributed by atoms with Crippen molar-refractivity contribution in [2.75, 3.05) is 25.1 Å². The first kappa shape index (κ1) is 40.7. The largest absolute Gasteiger partial charge is 0.504 e. The quantitative estimate of drug-likeness (QED) is 0.165. The highest BCUT2D eigenvalue weighted by atomic mass is 32.5. The molecule has 20 heteroatoms. The van der Waals surface area contributed by atoms with E-state index in [9.17, 15) is 43.3 Å². The van der Waals surface area contributed by atoms with Crippen LogP contribution in [0.3, 0.4) is 0 Å². The summed E-state index contributed by atoms with van der Waals surface area (Å²) in [6.45, 7) is 7.99. The molecule has 7 rings (SSSR count). The molecule has 1 aliphatic heterocycles. The number of fused-ring (bicyclic) bond motifs is 2. The highest BCUT2D eigenvalue weighted by molar-refractivity contribution is 8.45. The zero-order valence-electron chi connectivity index (χ0n) is 31.1. The van der Waals surface area contributed by atoms with Gasteiger partial charge in [-0.15, -0.1) is 5.10 Å². The number of hydrogen-bond acceptors (Lipinski definition) is 9. The second-order valence-corrected chi connectivity index (χ2v) is 16.4. The average Bonchev–Trinajstić information content (AvgIpc) is 3.76. The van der Waals surface area contributed by atoms with Gasteiger partial charge in [0, 0.05) is 23.8 Å². The molecule has 0 spiro atoms. The van der Waals surface area contributed by atoms with Crippen molar-refractivity contribution in [3.63, 3.8) is 0 Å². The Labute approximate surface area is 317 Å². The van der Waals surface area contributed by atoms with Crippen LogP contribution in [0.1, 0.15) is 92.1 Å². The van der Waals surface area contributed by atoms with Crippen molar-refractivity contribution in [3.05, 3.63) is 75.2 Å². The van der Waals surface area contributed by atoms with Gasteiger partial charge in [0.2, 0.25) is 11.7 Å². The molecule has 1 saturated carbocycles. The summed E-state index contributed by atoms with van der Waals surface area (Å²) in [5.74, 6) is -3.81. The lowest BCUT2D eigenvalue weighted by Crippen LogP contribution is -2.52. The van der Waals surface area contributed by atoms with Gasteiger partial charge in [0.15, 0.2) is 17.3 Å². The Morgan fingerprint density at radius 2 is 1.80 bits per heavy atom. The smallest absolute Gasteiger partial charge is 0.310 e. The van der Waals surface area contributed by atoms with E-state index in [1.807, 2.05) is 0 Å². The summed E-state index contributed by atoms with van der Waals surface area (Å²) in [4.78, 5) is 53.0. The van der Waals surface area contributed by atoms with Gasteiger partial charge >= 0.3 is 10.2 Å². The Morgan fingerprint density at radius 3 is 2.41 bits per heavy atom. The average molecular weight is 813 g/mol. The molecule has 13 nitrogen and oxygen atoms in total. The van der Waals surface area contributed by atoms with Gasteiger partial charge in [-0.1, -0.05) is 45.8 Å². The molecule has 2 aliphatic carbocycles. The number of aromatic hydroxyl groups is 1. The van der Waals surface area contributed by atoms with Gasteiger partial charge in [-0.3, -0.25) is 14.4 Å². The first-order valence-corrected chi connectivity index (χ1v) is 20.2. The molecule has 3 aromatic heterocycles. The predicted octanol–water partition coefficient (Wildman–Crippen LogP) is 7.32. The fourth-order valence-electron chi connectivity index (χ4n) is 7.48. The van der Waals surface area contributed by atoms with Gasteiger partial charge in [-0.25, -0.2) is 14.4 Å². The number of nitrogens with zero attached hydrogens (tertiary/aromatic N) is 7. The summed E-state index contributed by atoms with van der Waals surface area (Å²) in [5.41, 5.74) is 0.393. The molecule has 56 heavy (non-hydrogen) atoms. The Balaban J connectivity index is 0.00000172. The van der Waals surface area contributed by atoms with Crippen molar-refractivity contribution in [1.82, 2.24) is 34.0 Å². The minimum absolute atomic E-state index is 0.000828. The SMILES string of the molecule is CCC.CCN(C(=O)c1ncnc(C)c1O)C1CCC1C1CCc2c1c(=O)n1nc(C3=CCOCC3)nc1n2CC(=O)Nc1ccc(S(F)(F)(F)(F)F)cc1F. The Kier molecular flexibility index (Phi) is 10.5. The van der Waals surface area contributed by atoms with Crippen LogP contribution < -0.4 is 10.9 Å². The number of amides is 2. The van der Waals surface area contributed by atoms with Crippen molar-refractivity contribution in [2.45, 2.75) is 89.6 Å². The van der Waals surface area contributed by atoms with E-state index >= 15 is 0 Å². The normalized spacial score (nSPS) is 20.5. The molecule has 3 atom stereocenters. The fourth-order valence-corrected chi connectivity index (χ4v) is 8.13. The molecule has 2 N–H and O–H groups in total. The highest BCUT2D eigenvalue weighted by Gasteiger charge is 2.65. The molecule has 3 aliphatic rings. The van der Waals surface area contributed by atoms with E-state index in [4.69, 9.17) is 4.74 Å². The Bertz CT molecular complexity index is 2300. The lowest BCUT2D eigenvalue weighted by atomic mass is 9.69. The van der Waals surface area contributed by atoms with E-state index in [1.165, 1.54) is 17.3 Å². The summed E-state index contributed by atoms with van der Waals surface area (Å²) < 4.78 is 88.9.